The average molecular weight is 324 g/mol. The Morgan fingerprint density at radius 2 is 1.95 bits per heavy atom. The van der Waals surface area contributed by atoms with Crippen molar-refractivity contribution in [3.8, 4) is 0 Å². The van der Waals surface area contributed by atoms with Crippen molar-refractivity contribution in [2.45, 2.75) is 32.3 Å². The Labute approximate surface area is 124 Å². The van der Waals surface area contributed by atoms with Crippen molar-refractivity contribution in [2.75, 3.05) is 6.54 Å². The van der Waals surface area contributed by atoms with Crippen molar-refractivity contribution in [1.82, 2.24) is 4.72 Å². The number of hydrogen-bond donors (Lipinski definition) is 2. The fourth-order valence-corrected chi connectivity index (χ4v) is 2.82. The minimum Gasteiger partial charge on any atom is -0.392 e. The fraction of sp³-hybridized carbons (Fsp3) is 0.538. The molecule has 0 saturated heterocycles. The Hall–Kier alpha value is -0.690. The molecule has 0 amide bonds. The molecule has 1 aromatic carbocycles. The lowest BCUT2D eigenvalue weighted by Gasteiger charge is -2.16. The van der Waals surface area contributed by atoms with Crippen LogP contribution in [0.2, 0.25) is 5.02 Å². The van der Waals surface area contributed by atoms with Gasteiger partial charge in [-0.2, -0.15) is 0 Å². The van der Waals surface area contributed by atoms with Crippen LogP contribution in [-0.4, -0.2) is 20.1 Å². The first-order chi connectivity index (χ1) is 9.19. The van der Waals surface area contributed by atoms with Crippen LogP contribution in [0.1, 0.15) is 26.3 Å². The lowest BCUT2D eigenvalue weighted by atomic mass is 9.99. The number of aliphatic hydroxyl groups is 1. The minimum atomic E-state index is -3.82. The van der Waals surface area contributed by atoms with Gasteiger partial charge in [-0.15, -0.1) is 0 Å². The maximum Gasteiger partial charge on any atom is 0.240 e. The van der Waals surface area contributed by atoms with Gasteiger partial charge in [-0.1, -0.05) is 32.4 Å². The third kappa shape index (κ3) is 4.15. The van der Waals surface area contributed by atoms with Crippen LogP contribution in [0.3, 0.4) is 0 Å². The van der Waals surface area contributed by atoms with E-state index < -0.39 is 22.4 Å². The molecule has 0 aliphatic rings. The second-order valence-corrected chi connectivity index (χ2v) is 7.25. The van der Waals surface area contributed by atoms with Gasteiger partial charge in [0.15, 0.2) is 0 Å². The molecule has 2 N–H and O–H groups in total. The van der Waals surface area contributed by atoms with E-state index in [9.17, 15) is 12.8 Å². The first-order valence-corrected chi connectivity index (χ1v) is 8.13. The van der Waals surface area contributed by atoms with Crippen LogP contribution in [0, 0.1) is 17.7 Å². The number of sulfonamides is 1. The molecule has 4 nitrogen and oxygen atoms in total. The monoisotopic (exact) mass is 323 g/mol. The van der Waals surface area contributed by atoms with Crippen molar-refractivity contribution >= 4 is 21.6 Å². The molecule has 1 rings (SSSR count). The molecule has 7 heteroatoms. The van der Waals surface area contributed by atoms with Gasteiger partial charge in [0.05, 0.1) is 16.5 Å². The molecular formula is C13H19ClFNO3S. The fourth-order valence-electron chi connectivity index (χ4n) is 1.45. The highest BCUT2D eigenvalue weighted by Gasteiger charge is 2.20. The average Bonchev–Trinajstić information content (AvgIpc) is 2.38. The van der Waals surface area contributed by atoms with Gasteiger partial charge in [-0.25, -0.2) is 17.5 Å². The zero-order valence-corrected chi connectivity index (χ0v) is 13.2. The molecule has 114 valence electrons. The summed E-state index contributed by atoms with van der Waals surface area (Å²) in [5.74, 6) is -0.387. The third-order valence-corrected chi connectivity index (χ3v) is 5.12. The number of halogens is 2. The number of aliphatic hydroxyl groups excluding tert-OH is 1. The number of benzene rings is 1. The second kappa shape index (κ2) is 6.85. The summed E-state index contributed by atoms with van der Waals surface area (Å²) in [5, 5.41) is 8.80. The van der Waals surface area contributed by atoms with Gasteiger partial charge in [0, 0.05) is 12.1 Å². The molecule has 0 aliphatic carbocycles. The standard InChI is InChI=1S/C13H19ClFNO3S/c1-8(2)9(3)6-16-20(18,19)11-4-10(7-17)13(14)12(15)5-11/h4-5,8-9,16-17H,6-7H2,1-3H3. The maximum absolute atomic E-state index is 13.5. The third-order valence-electron chi connectivity index (χ3n) is 3.29. The molecule has 1 aromatic rings. The lowest BCUT2D eigenvalue weighted by molar-refractivity contribution is 0.281. The quantitative estimate of drug-likeness (QED) is 0.845. The summed E-state index contributed by atoms with van der Waals surface area (Å²) in [7, 11) is -3.82. The molecule has 0 aromatic heterocycles. The Balaban J connectivity index is 3.01. The molecule has 0 heterocycles. The van der Waals surface area contributed by atoms with Crippen molar-refractivity contribution in [3.05, 3.63) is 28.5 Å². The second-order valence-electron chi connectivity index (χ2n) is 5.11. The topological polar surface area (TPSA) is 66.4 Å². The lowest BCUT2D eigenvalue weighted by Crippen LogP contribution is -2.30. The molecule has 0 saturated carbocycles. The minimum absolute atomic E-state index is 0.0453. The van der Waals surface area contributed by atoms with Crippen LogP contribution in [0.4, 0.5) is 4.39 Å². The molecule has 0 spiro atoms. The number of hydrogen-bond acceptors (Lipinski definition) is 3. The molecule has 0 aliphatic heterocycles. The highest BCUT2D eigenvalue weighted by Crippen LogP contribution is 2.24. The van der Waals surface area contributed by atoms with E-state index in [1.54, 1.807) is 0 Å². The van der Waals surface area contributed by atoms with Crippen molar-refractivity contribution in [1.29, 1.82) is 0 Å². The smallest absolute Gasteiger partial charge is 0.240 e. The van der Waals surface area contributed by atoms with Gasteiger partial charge < -0.3 is 5.11 Å². The van der Waals surface area contributed by atoms with Gasteiger partial charge >= 0.3 is 0 Å². The first-order valence-electron chi connectivity index (χ1n) is 6.27. The molecule has 1 unspecified atom stereocenters. The van der Waals surface area contributed by atoms with Crippen LogP contribution in [0.15, 0.2) is 17.0 Å². The Kier molecular flexibility index (Phi) is 5.94. The summed E-state index contributed by atoms with van der Waals surface area (Å²) >= 11 is 5.63. The highest BCUT2D eigenvalue weighted by atomic mass is 35.5. The normalized spacial score (nSPS) is 13.8. The molecule has 0 radical (unpaired) electrons. The molecule has 0 fully saturated rings. The van der Waals surface area contributed by atoms with E-state index in [2.05, 4.69) is 4.72 Å². The Morgan fingerprint density at radius 1 is 1.35 bits per heavy atom. The van der Waals surface area contributed by atoms with Crippen LogP contribution in [0.25, 0.3) is 0 Å². The number of rotatable bonds is 6. The molecule has 1 atom stereocenters. The molecule has 20 heavy (non-hydrogen) atoms. The van der Waals surface area contributed by atoms with Crippen molar-refractivity contribution in [3.63, 3.8) is 0 Å². The van der Waals surface area contributed by atoms with E-state index in [-0.39, 0.29) is 27.9 Å². The largest absolute Gasteiger partial charge is 0.392 e. The summed E-state index contributed by atoms with van der Waals surface area (Å²) < 4.78 is 40.2. The van der Waals surface area contributed by atoms with Gasteiger partial charge in [0.2, 0.25) is 10.0 Å². The summed E-state index contributed by atoms with van der Waals surface area (Å²) in [6.07, 6.45) is 0. The van der Waals surface area contributed by atoms with E-state index >= 15 is 0 Å². The highest BCUT2D eigenvalue weighted by molar-refractivity contribution is 7.89. The SMILES string of the molecule is CC(C)C(C)CNS(=O)(=O)c1cc(F)c(Cl)c(CO)c1. The van der Waals surface area contributed by atoms with Gasteiger partial charge in [0.25, 0.3) is 0 Å². The summed E-state index contributed by atoms with van der Waals surface area (Å²) in [4.78, 5) is -0.237. The predicted octanol–water partition coefficient (Wildman–Crippen LogP) is 2.54. The van der Waals surface area contributed by atoms with Gasteiger partial charge in [-0.3, -0.25) is 0 Å². The Morgan fingerprint density at radius 3 is 2.45 bits per heavy atom. The summed E-state index contributed by atoms with van der Waals surface area (Å²) in [6, 6.07) is 2.03. The van der Waals surface area contributed by atoms with Crippen LogP contribution >= 0.6 is 11.6 Å². The van der Waals surface area contributed by atoms with Crippen LogP contribution in [0.5, 0.6) is 0 Å². The van der Waals surface area contributed by atoms with Gasteiger partial charge in [-0.05, 0) is 24.0 Å². The number of nitrogens with one attached hydrogen (secondary N) is 1. The summed E-state index contributed by atoms with van der Waals surface area (Å²) in [6.45, 7) is 5.64. The van der Waals surface area contributed by atoms with E-state index in [1.165, 1.54) is 6.07 Å². The van der Waals surface area contributed by atoms with Gasteiger partial charge in [0.1, 0.15) is 5.82 Å². The molecule has 0 bridgehead atoms. The van der Waals surface area contributed by atoms with Crippen molar-refractivity contribution < 1.29 is 17.9 Å². The zero-order chi connectivity index (χ0) is 15.5. The first kappa shape index (κ1) is 17.4. The van der Waals surface area contributed by atoms with E-state index in [0.717, 1.165) is 6.07 Å². The molecular weight excluding hydrogens is 305 g/mol. The predicted molar refractivity (Wildman–Crippen MR) is 76.5 cm³/mol. The van der Waals surface area contributed by atoms with Crippen LogP contribution < -0.4 is 4.72 Å². The van der Waals surface area contributed by atoms with E-state index in [1.807, 2.05) is 20.8 Å². The van der Waals surface area contributed by atoms with Crippen LogP contribution in [-0.2, 0) is 16.6 Å². The van der Waals surface area contributed by atoms with Crippen molar-refractivity contribution in [2.24, 2.45) is 11.8 Å². The Bertz CT molecular complexity index is 575. The van der Waals surface area contributed by atoms with E-state index in [4.69, 9.17) is 16.7 Å². The maximum atomic E-state index is 13.5. The van der Waals surface area contributed by atoms with E-state index in [0.29, 0.717) is 5.92 Å². The zero-order valence-electron chi connectivity index (χ0n) is 11.7. The summed E-state index contributed by atoms with van der Waals surface area (Å²) in [5.41, 5.74) is 0.0453.